The summed E-state index contributed by atoms with van der Waals surface area (Å²) in [4.78, 5) is 26.0. The van der Waals surface area contributed by atoms with Crippen molar-refractivity contribution in [3.63, 3.8) is 0 Å². The Hall–Kier alpha value is -2.77. The number of amides is 2. The normalized spacial score (nSPS) is 14.0. The van der Waals surface area contributed by atoms with Gasteiger partial charge in [-0.1, -0.05) is 29.8 Å². The number of halogens is 1. The Morgan fingerprint density at radius 3 is 2.36 bits per heavy atom. The molecule has 2 aromatic rings. The molecule has 0 aliphatic carbocycles. The van der Waals surface area contributed by atoms with Gasteiger partial charge in [0.15, 0.2) is 0 Å². The van der Waals surface area contributed by atoms with Gasteiger partial charge in [-0.25, -0.2) is 4.79 Å². The highest BCUT2D eigenvalue weighted by Crippen LogP contribution is 2.30. The molecule has 1 heterocycles. The molecule has 2 amide bonds. The van der Waals surface area contributed by atoms with Gasteiger partial charge in [-0.15, -0.1) is 0 Å². The molecule has 1 saturated heterocycles. The van der Waals surface area contributed by atoms with Gasteiger partial charge >= 0.3 is 6.09 Å². The van der Waals surface area contributed by atoms with Crippen LogP contribution in [0, 0.1) is 0 Å². The third kappa shape index (κ3) is 7.65. The summed E-state index contributed by atoms with van der Waals surface area (Å²) >= 11 is 6.41. The maximum Gasteiger partial charge on any atom is 0.407 e. The van der Waals surface area contributed by atoms with Crippen LogP contribution in [0.5, 0.6) is 5.75 Å². The molecular weight excluding hydrogens is 444 g/mol. The maximum absolute atomic E-state index is 12.6. The predicted molar refractivity (Wildman–Crippen MR) is 128 cm³/mol. The summed E-state index contributed by atoms with van der Waals surface area (Å²) < 4.78 is 16.2. The van der Waals surface area contributed by atoms with Gasteiger partial charge in [-0.3, -0.25) is 4.79 Å². The first-order valence-electron chi connectivity index (χ1n) is 11.1. The van der Waals surface area contributed by atoms with E-state index in [1.165, 1.54) is 0 Å². The van der Waals surface area contributed by atoms with Crippen LogP contribution in [0.4, 0.5) is 4.79 Å². The highest BCUT2D eigenvalue weighted by molar-refractivity contribution is 6.32. The number of rotatable bonds is 7. The summed E-state index contributed by atoms with van der Waals surface area (Å²) in [6, 6.07) is 13.1. The van der Waals surface area contributed by atoms with E-state index in [2.05, 4.69) is 5.32 Å². The third-order valence-electron chi connectivity index (χ3n) is 4.94. The molecule has 3 rings (SSSR count). The van der Waals surface area contributed by atoms with Gasteiger partial charge in [-0.2, -0.15) is 0 Å². The first kappa shape index (κ1) is 24.9. The second kappa shape index (κ2) is 11.4. The smallest absolute Gasteiger partial charge is 0.407 e. The van der Waals surface area contributed by atoms with Crippen LogP contribution in [0.15, 0.2) is 42.5 Å². The zero-order valence-corrected chi connectivity index (χ0v) is 20.1. The molecule has 0 unspecified atom stereocenters. The molecule has 2 aromatic carbocycles. The lowest BCUT2D eigenvalue weighted by Gasteiger charge is -2.26. The fourth-order valence-corrected chi connectivity index (χ4v) is 3.55. The van der Waals surface area contributed by atoms with E-state index < -0.39 is 11.7 Å². The summed E-state index contributed by atoms with van der Waals surface area (Å²) in [5.74, 6) is 0.601. The fourth-order valence-electron chi connectivity index (χ4n) is 3.31. The molecule has 0 aromatic heterocycles. The lowest BCUT2D eigenvalue weighted by Crippen LogP contribution is -2.40. The van der Waals surface area contributed by atoms with Crippen LogP contribution < -0.4 is 10.1 Å². The third-order valence-corrected chi connectivity index (χ3v) is 5.24. The van der Waals surface area contributed by atoms with Crippen LogP contribution in [-0.2, 0) is 9.47 Å². The largest absolute Gasteiger partial charge is 0.492 e. The fraction of sp³-hybridized carbons (Fsp3) is 0.440. The number of hydrogen-bond donors (Lipinski definition) is 1. The summed E-state index contributed by atoms with van der Waals surface area (Å²) in [5.41, 5.74) is 2.04. The molecule has 1 N–H and O–H groups in total. The second-order valence-electron chi connectivity index (χ2n) is 8.76. The van der Waals surface area contributed by atoms with Crippen molar-refractivity contribution in [2.45, 2.75) is 32.8 Å². The molecule has 0 saturated carbocycles. The number of hydrogen-bond acceptors (Lipinski definition) is 5. The summed E-state index contributed by atoms with van der Waals surface area (Å²) in [7, 11) is 0. The standard InChI is InChI=1S/C25H31ClN2O5/c1-25(2,3)33-24(30)27-11-4-14-32-22-10-9-20(17-21(22)26)18-5-7-19(8-6-18)23(29)28-12-15-31-16-13-28/h5-10,17H,4,11-16H2,1-3H3,(H,27,30). The van der Waals surface area contributed by atoms with Crippen molar-refractivity contribution in [3.05, 3.63) is 53.1 Å². The van der Waals surface area contributed by atoms with Crippen LogP contribution in [0.25, 0.3) is 11.1 Å². The van der Waals surface area contributed by atoms with Crippen molar-refractivity contribution in [2.75, 3.05) is 39.5 Å². The Morgan fingerprint density at radius 1 is 1.06 bits per heavy atom. The van der Waals surface area contributed by atoms with E-state index in [1.54, 1.807) is 0 Å². The maximum atomic E-state index is 12.6. The van der Waals surface area contributed by atoms with E-state index in [-0.39, 0.29) is 5.91 Å². The quantitative estimate of drug-likeness (QED) is 0.585. The first-order valence-corrected chi connectivity index (χ1v) is 11.5. The number of carbonyl (C=O) groups is 2. The van der Waals surface area contributed by atoms with Crippen molar-refractivity contribution in [1.29, 1.82) is 0 Å². The second-order valence-corrected chi connectivity index (χ2v) is 9.17. The van der Waals surface area contributed by atoms with E-state index >= 15 is 0 Å². The molecule has 0 radical (unpaired) electrons. The average molecular weight is 475 g/mol. The molecule has 0 atom stereocenters. The van der Waals surface area contributed by atoms with Gasteiger partial charge in [0.2, 0.25) is 0 Å². The minimum Gasteiger partial charge on any atom is -0.492 e. The molecule has 0 spiro atoms. The summed E-state index contributed by atoms with van der Waals surface area (Å²) in [6.45, 7) is 8.72. The lowest BCUT2D eigenvalue weighted by molar-refractivity contribution is 0.0303. The van der Waals surface area contributed by atoms with Gasteiger partial charge in [-0.05, 0) is 62.6 Å². The zero-order chi connectivity index (χ0) is 23.8. The lowest BCUT2D eigenvalue weighted by atomic mass is 10.0. The summed E-state index contributed by atoms with van der Waals surface area (Å²) in [6.07, 6.45) is 0.179. The monoisotopic (exact) mass is 474 g/mol. The van der Waals surface area contributed by atoms with Gasteiger partial charge in [0, 0.05) is 25.2 Å². The number of benzene rings is 2. The van der Waals surface area contributed by atoms with Crippen molar-refractivity contribution >= 4 is 23.6 Å². The van der Waals surface area contributed by atoms with Crippen LogP contribution in [0.2, 0.25) is 5.02 Å². The van der Waals surface area contributed by atoms with Gasteiger partial charge in [0.25, 0.3) is 5.91 Å². The SMILES string of the molecule is CC(C)(C)OC(=O)NCCCOc1ccc(-c2ccc(C(=O)N3CCOCC3)cc2)cc1Cl. The van der Waals surface area contributed by atoms with Crippen LogP contribution in [0.1, 0.15) is 37.6 Å². The predicted octanol–water partition coefficient (Wildman–Crippen LogP) is 4.77. The molecule has 1 aliphatic heterocycles. The number of ether oxygens (including phenoxy) is 3. The number of nitrogens with one attached hydrogen (secondary N) is 1. The average Bonchev–Trinajstić information content (AvgIpc) is 2.79. The minimum absolute atomic E-state index is 0.0211. The Labute approximate surface area is 200 Å². The highest BCUT2D eigenvalue weighted by Gasteiger charge is 2.18. The van der Waals surface area contributed by atoms with E-state index in [0.29, 0.717) is 62.2 Å². The zero-order valence-electron chi connectivity index (χ0n) is 19.4. The number of morpholine rings is 1. The van der Waals surface area contributed by atoms with Crippen LogP contribution in [-0.4, -0.2) is 62.0 Å². The topological polar surface area (TPSA) is 77.1 Å². The summed E-state index contributed by atoms with van der Waals surface area (Å²) in [5, 5.41) is 3.20. The highest BCUT2D eigenvalue weighted by atomic mass is 35.5. The molecule has 8 heteroatoms. The molecule has 1 fully saturated rings. The first-order chi connectivity index (χ1) is 15.7. The molecule has 178 valence electrons. The van der Waals surface area contributed by atoms with Crippen LogP contribution >= 0.6 is 11.6 Å². The molecule has 1 aliphatic rings. The number of carbonyl (C=O) groups excluding carboxylic acids is 2. The Balaban J connectivity index is 1.49. The van der Waals surface area contributed by atoms with E-state index in [9.17, 15) is 9.59 Å². The van der Waals surface area contributed by atoms with Gasteiger partial charge < -0.3 is 24.4 Å². The Morgan fingerprint density at radius 2 is 1.73 bits per heavy atom. The number of nitrogens with zero attached hydrogens (tertiary/aromatic N) is 1. The van der Waals surface area contributed by atoms with E-state index in [1.807, 2.05) is 68.1 Å². The molecular formula is C25H31ClN2O5. The van der Waals surface area contributed by atoms with Gasteiger partial charge in [0.1, 0.15) is 11.4 Å². The Bertz CT molecular complexity index is 950. The van der Waals surface area contributed by atoms with Crippen molar-refractivity contribution in [2.24, 2.45) is 0 Å². The van der Waals surface area contributed by atoms with Crippen molar-refractivity contribution in [1.82, 2.24) is 10.2 Å². The van der Waals surface area contributed by atoms with Crippen LogP contribution in [0.3, 0.4) is 0 Å². The molecule has 7 nitrogen and oxygen atoms in total. The van der Waals surface area contributed by atoms with E-state index in [0.717, 1.165) is 11.1 Å². The molecule has 33 heavy (non-hydrogen) atoms. The van der Waals surface area contributed by atoms with Crippen molar-refractivity contribution in [3.8, 4) is 16.9 Å². The van der Waals surface area contributed by atoms with Crippen molar-refractivity contribution < 1.29 is 23.8 Å². The Kier molecular flexibility index (Phi) is 8.58. The molecule has 0 bridgehead atoms. The minimum atomic E-state index is -0.519. The number of alkyl carbamates (subject to hydrolysis) is 1. The van der Waals surface area contributed by atoms with Gasteiger partial charge in [0.05, 0.1) is 24.8 Å². The van der Waals surface area contributed by atoms with E-state index in [4.69, 9.17) is 25.8 Å².